The molecule has 0 radical (unpaired) electrons. The van der Waals surface area contributed by atoms with Gasteiger partial charge in [0, 0.05) is 18.5 Å². The molecule has 1 heterocycles. The topological polar surface area (TPSA) is 41.6 Å². The minimum absolute atomic E-state index is 0.111. The van der Waals surface area contributed by atoms with E-state index in [2.05, 4.69) is 34.5 Å². The van der Waals surface area contributed by atoms with E-state index in [4.69, 9.17) is 4.74 Å². The third-order valence-corrected chi connectivity index (χ3v) is 5.77. The first-order valence-electron chi connectivity index (χ1n) is 10.9. The maximum Gasteiger partial charge on any atom is 0.261 e. The molecule has 0 saturated carbocycles. The summed E-state index contributed by atoms with van der Waals surface area (Å²) in [6, 6.07) is 22.5. The van der Waals surface area contributed by atoms with Crippen molar-refractivity contribution in [2.24, 2.45) is 0 Å². The number of piperidine rings is 1. The van der Waals surface area contributed by atoms with Crippen LogP contribution in [-0.2, 0) is 17.9 Å². The van der Waals surface area contributed by atoms with E-state index in [0.29, 0.717) is 6.54 Å². The van der Waals surface area contributed by atoms with Crippen LogP contribution in [0, 0.1) is 0 Å². The average molecular weight is 403 g/mol. The van der Waals surface area contributed by atoms with Crippen molar-refractivity contribution in [2.45, 2.75) is 45.4 Å². The van der Waals surface area contributed by atoms with Crippen molar-refractivity contribution in [1.29, 1.82) is 0 Å². The zero-order chi connectivity index (χ0) is 20.8. The van der Waals surface area contributed by atoms with E-state index in [1.807, 2.05) is 42.5 Å². The van der Waals surface area contributed by atoms with Crippen LogP contribution in [-0.4, -0.2) is 30.0 Å². The smallest absolute Gasteiger partial charge is 0.261 e. The van der Waals surface area contributed by atoms with Gasteiger partial charge in [-0.15, -0.1) is 0 Å². The number of carbonyl (C=O) groups excluding carboxylic acids is 1. The highest BCUT2D eigenvalue weighted by molar-refractivity contribution is 5.89. The van der Waals surface area contributed by atoms with Crippen molar-refractivity contribution in [1.82, 2.24) is 10.2 Å². The van der Waals surface area contributed by atoms with Gasteiger partial charge in [0.1, 0.15) is 5.75 Å². The molecule has 1 aliphatic rings. The second-order valence-corrected chi connectivity index (χ2v) is 8.11. The Kier molecular flexibility index (Phi) is 6.65. The second kappa shape index (κ2) is 9.77. The number of hydrogen-bond acceptors (Lipinski definition) is 3. The molecule has 4 heteroatoms. The molecule has 1 atom stereocenters. The van der Waals surface area contributed by atoms with Gasteiger partial charge in [0.25, 0.3) is 5.91 Å². The predicted molar refractivity (Wildman–Crippen MR) is 121 cm³/mol. The third-order valence-electron chi connectivity index (χ3n) is 5.77. The molecule has 156 valence electrons. The molecule has 0 aliphatic carbocycles. The maximum absolute atomic E-state index is 12.5. The Morgan fingerprint density at radius 3 is 2.43 bits per heavy atom. The number of fused-ring (bicyclic) bond motifs is 1. The Morgan fingerprint density at radius 1 is 0.933 bits per heavy atom. The Labute approximate surface area is 178 Å². The van der Waals surface area contributed by atoms with E-state index >= 15 is 0 Å². The second-order valence-electron chi connectivity index (χ2n) is 8.11. The monoisotopic (exact) mass is 402 g/mol. The molecule has 0 bridgehead atoms. The molecule has 1 N–H and O–H groups in total. The van der Waals surface area contributed by atoms with Crippen molar-refractivity contribution >= 4 is 16.7 Å². The molecule has 1 fully saturated rings. The summed E-state index contributed by atoms with van der Waals surface area (Å²) in [5.74, 6) is 0.623. The summed E-state index contributed by atoms with van der Waals surface area (Å²) >= 11 is 0. The fourth-order valence-corrected chi connectivity index (χ4v) is 4.01. The fourth-order valence-electron chi connectivity index (χ4n) is 4.01. The number of nitrogens with one attached hydrogen (secondary N) is 1. The van der Waals surface area contributed by atoms with Crippen molar-refractivity contribution in [3.63, 3.8) is 0 Å². The molecular weight excluding hydrogens is 372 g/mol. The maximum atomic E-state index is 12.5. The zero-order valence-corrected chi connectivity index (χ0v) is 17.6. The van der Waals surface area contributed by atoms with E-state index in [0.717, 1.165) is 28.6 Å². The molecule has 0 aromatic heterocycles. The zero-order valence-electron chi connectivity index (χ0n) is 17.6. The van der Waals surface area contributed by atoms with Crippen LogP contribution in [0.2, 0.25) is 0 Å². The SMILES string of the molecule is CC(Oc1cccc2ccccc12)C(=O)NCc1ccc(CN2CCCCC2)cc1. The molecular formula is C26H30N2O2. The lowest BCUT2D eigenvalue weighted by Gasteiger charge is -2.26. The summed E-state index contributed by atoms with van der Waals surface area (Å²) in [7, 11) is 0. The van der Waals surface area contributed by atoms with E-state index in [1.54, 1.807) is 6.92 Å². The van der Waals surface area contributed by atoms with Crippen LogP contribution in [0.15, 0.2) is 66.7 Å². The van der Waals surface area contributed by atoms with E-state index in [-0.39, 0.29) is 5.91 Å². The van der Waals surface area contributed by atoms with Gasteiger partial charge in [0.15, 0.2) is 6.10 Å². The minimum atomic E-state index is -0.561. The lowest BCUT2D eigenvalue weighted by Crippen LogP contribution is -2.35. The van der Waals surface area contributed by atoms with Crippen LogP contribution >= 0.6 is 0 Å². The summed E-state index contributed by atoms with van der Waals surface area (Å²) in [5, 5.41) is 5.12. The van der Waals surface area contributed by atoms with Crippen LogP contribution in [0.25, 0.3) is 10.8 Å². The van der Waals surface area contributed by atoms with E-state index in [1.165, 1.54) is 37.9 Å². The van der Waals surface area contributed by atoms with Gasteiger partial charge in [-0.25, -0.2) is 0 Å². The van der Waals surface area contributed by atoms with Gasteiger partial charge in [0.2, 0.25) is 0 Å². The van der Waals surface area contributed by atoms with Crippen molar-refractivity contribution < 1.29 is 9.53 Å². The molecule has 3 aromatic rings. The van der Waals surface area contributed by atoms with Crippen molar-refractivity contribution in [3.05, 3.63) is 77.9 Å². The molecule has 0 spiro atoms. The summed E-state index contributed by atoms with van der Waals surface area (Å²) in [6.45, 7) is 5.71. The number of amides is 1. The van der Waals surface area contributed by atoms with Gasteiger partial charge in [-0.3, -0.25) is 9.69 Å². The molecule has 1 saturated heterocycles. The number of benzene rings is 3. The quantitative estimate of drug-likeness (QED) is 0.611. The standard InChI is InChI=1S/C26H30N2O2/c1-20(30-25-11-7-9-23-8-3-4-10-24(23)25)26(29)27-18-21-12-14-22(15-13-21)19-28-16-5-2-6-17-28/h3-4,7-15,20H,2,5-6,16-19H2,1H3,(H,27,29). The third kappa shape index (κ3) is 5.19. The van der Waals surface area contributed by atoms with Gasteiger partial charge in [-0.1, -0.05) is 67.1 Å². The predicted octanol–water partition coefficient (Wildman–Crippen LogP) is 4.91. The first-order chi connectivity index (χ1) is 14.7. The Bertz CT molecular complexity index is 972. The normalized spacial score (nSPS) is 15.6. The fraction of sp³-hybridized carbons (Fsp3) is 0.346. The molecule has 30 heavy (non-hydrogen) atoms. The van der Waals surface area contributed by atoms with Gasteiger partial charge in [-0.2, -0.15) is 0 Å². The first kappa shape index (κ1) is 20.4. The summed E-state index contributed by atoms with van der Waals surface area (Å²) in [5.41, 5.74) is 2.43. The lowest BCUT2D eigenvalue weighted by atomic mass is 10.1. The number of rotatable bonds is 7. The largest absolute Gasteiger partial charge is 0.480 e. The molecule has 3 aromatic carbocycles. The summed E-state index contributed by atoms with van der Waals surface area (Å²) < 4.78 is 5.96. The van der Waals surface area contributed by atoms with Crippen molar-refractivity contribution in [3.8, 4) is 5.75 Å². The number of nitrogens with zero attached hydrogens (tertiary/aromatic N) is 1. The first-order valence-corrected chi connectivity index (χ1v) is 10.9. The highest BCUT2D eigenvalue weighted by atomic mass is 16.5. The van der Waals surface area contributed by atoms with E-state index in [9.17, 15) is 4.79 Å². The van der Waals surface area contributed by atoms with Gasteiger partial charge < -0.3 is 10.1 Å². The van der Waals surface area contributed by atoms with Crippen LogP contribution in [0.3, 0.4) is 0 Å². The number of likely N-dealkylation sites (tertiary alicyclic amines) is 1. The minimum Gasteiger partial charge on any atom is -0.480 e. The molecule has 4 nitrogen and oxygen atoms in total. The van der Waals surface area contributed by atoms with Crippen molar-refractivity contribution in [2.75, 3.05) is 13.1 Å². The van der Waals surface area contributed by atoms with Crippen LogP contribution in [0.4, 0.5) is 0 Å². The number of hydrogen-bond donors (Lipinski definition) is 1. The summed E-state index contributed by atoms with van der Waals surface area (Å²) in [4.78, 5) is 15.1. The molecule has 1 aliphatic heterocycles. The average Bonchev–Trinajstić information content (AvgIpc) is 2.79. The van der Waals surface area contributed by atoms with Crippen LogP contribution < -0.4 is 10.1 Å². The highest BCUT2D eigenvalue weighted by Crippen LogP contribution is 2.26. The summed E-state index contributed by atoms with van der Waals surface area (Å²) in [6.07, 6.45) is 3.42. The molecule has 4 rings (SSSR count). The van der Waals surface area contributed by atoms with Gasteiger partial charge in [0.05, 0.1) is 0 Å². The van der Waals surface area contributed by atoms with Crippen LogP contribution in [0.5, 0.6) is 5.75 Å². The molecule has 1 amide bonds. The molecule has 1 unspecified atom stereocenters. The number of ether oxygens (including phenoxy) is 1. The Morgan fingerprint density at radius 2 is 1.63 bits per heavy atom. The van der Waals surface area contributed by atoms with E-state index < -0.39 is 6.10 Å². The van der Waals surface area contributed by atoms with Gasteiger partial charge in [-0.05, 0) is 55.4 Å². The number of carbonyl (C=O) groups is 1. The lowest BCUT2D eigenvalue weighted by molar-refractivity contribution is -0.127. The highest BCUT2D eigenvalue weighted by Gasteiger charge is 2.16. The van der Waals surface area contributed by atoms with Gasteiger partial charge >= 0.3 is 0 Å². The Balaban J connectivity index is 1.29. The Hall–Kier alpha value is -2.85. The van der Waals surface area contributed by atoms with Crippen LogP contribution in [0.1, 0.15) is 37.3 Å².